The van der Waals surface area contributed by atoms with Gasteiger partial charge in [0, 0.05) is 12.6 Å². The largest absolute Gasteiger partial charge is 0.397 e. The number of hydrogen-bond acceptors (Lipinski definition) is 3. The predicted octanol–water partition coefficient (Wildman–Crippen LogP) is 2.50. The van der Waals surface area contributed by atoms with Crippen LogP contribution in [-0.2, 0) is 0 Å². The average Bonchev–Trinajstić information content (AvgIpc) is 2.21. The van der Waals surface area contributed by atoms with Crippen LogP contribution in [0.1, 0.15) is 19.8 Å². The minimum Gasteiger partial charge on any atom is -0.397 e. The molecule has 84 valence electrons. The van der Waals surface area contributed by atoms with Gasteiger partial charge in [0.15, 0.2) is 0 Å². The number of aliphatic hydroxyl groups excluding tert-OH is 1. The molecule has 0 aromatic heterocycles. The van der Waals surface area contributed by atoms with E-state index in [1.807, 2.05) is 19.1 Å². The molecule has 4 N–H and O–H groups in total. The topological polar surface area (TPSA) is 58.3 Å². The van der Waals surface area contributed by atoms with Crippen molar-refractivity contribution in [1.29, 1.82) is 0 Å². The maximum absolute atomic E-state index is 8.71. The highest BCUT2D eigenvalue weighted by Crippen LogP contribution is 2.28. The summed E-state index contributed by atoms with van der Waals surface area (Å²) in [5.41, 5.74) is 7.24. The summed E-state index contributed by atoms with van der Waals surface area (Å²) in [6.07, 6.45) is 1.67. The van der Waals surface area contributed by atoms with Crippen molar-refractivity contribution in [2.24, 2.45) is 0 Å². The molecule has 15 heavy (non-hydrogen) atoms. The summed E-state index contributed by atoms with van der Waals surface area (Å²) in [7, 11) is 0. The first-order chi connectivity index (χ1) is 7.15. The second-order valence-electron chi connectivity index (χ2n) is 3.62. The van der Waals surface area contributed by atoms with E-state index in [-0.39, 0.29) is 12.6 Å². The molecule has 1 aromatic carbocycles. The van der Waals surface area contributed by atoms with Gasteiger partial charge in [-0.1, -0.05) is 17.7 Å². The molecule has 1 unspecified atom stereocenters. The summed E-state index contributed by atoms with van der Waals surface area (Å²) in [6.45, 7) is 2.25. The van der Waals surface area contributed by atoms with Crippen molar-refractivity contribution in [2.45, 2.75) is 25.8 Å². The monoisotopic (exact) mass is 228 g/mol. The second-order valence-corrected chi connectivity index (χ2v) is 4.02. The zero-order valence-electron chi connectivity index (χ0n) is 8.83. The van der Waals surface area contributed by atoms with E-state index in [9.17, 15) is 0 Å². The van der Waals surface area contributed by atoms with Crippen LogP contribution in [0, 0.1) is 0 Å². The van der Waals surface area contributed by atoms with E-state index in [0.29, 0.717) is 10.7 Å². The Morgan fingerprint density at radius 3 is 2.87 bits per heavy atom. The Kier molecular flexibility index (Phi) is 4.72. The highest BCUT2D eigenvalue weighted by molar-refractivity contribution is 6.33. The summed E-state index contributed by atoms with van der Waals surface area (Å²) in [6, 6.07) is 5.69. The third kappa shape index (κ3) is 3.61. The smallest absolute Gasteiger partial charge is 0.0765 e. The van der Waals surface area contributed by atoms with E-state index in [4.69, 9.17) is 22.4 Å². The molecule has 4 heteroatoms. The quantitative estimate of drug-likeness (QED) is 0.679. The highest BCUT2D eigenvalue weighted by Gasteiger charge is 2.07. The van der Waals surface area contributed by atoms with Crippen molar-refractivity contribution in [2.75, 3.05) is 17.7 Å². The molecule has 0 bridgehead atoms. The zero-order valence-corrected chi connectivity index (χ0v) is 9.59. The summed E-state index contributed by atoms with van der Waals surface area (Å²) < 4.78 is 0. The van der Waals surface area contributed by atoms with Gasteiger partial charge in [0.2, 0.25) is 0 Å². The Morgan fingerprint density at radius 2 is 2.27 bits per heavy atom. The molecule has 0 aliphatic carbocycles. The number of hydrogen-bond donors (Lipinski definition) is 3. The van der Waals surface area contributed by atoms with Crippen molar-refractivity contribution in [3.8, 4) is 0 Å². The Hall–Kier alpha value is -0.930. The minimum atomic E-state index is 0.212. The maximum Gasteiger partial charge on any atom is 0.0765 e. The molecule has 0 fully saturated rings. The summed E-state index contributed by atoms with van der Waals surface area (Å²) in [5.74, 6) is 0. The predicted molar refractivity (Wildman–Crippen MR) is 65.3 cm³/mol. The molecular formula is C11H17ClN2O. The zero-order chi connectivity index (χ0) is 11.3. The molecule has 0 spiro atoms. The molecule has 1 atom stereocenters. The van der Waals surface area contributed by atoms with Gasteiger partial charge in [-0.05, 0) is 31.9 Å². The van der Waals surface area contributed by atoms with Crippen LogP contribution in [0.15, 0.2) is 18.2 Å². The van der Waals surface area contributed by atoms with Crippen LogP contribution in [0.5, 0.6) is 0 Å². The molecule has 0 saturated heterocycles. The number of nitrogens with two attached hydrogens (primary N) is 1. The summed E-state index contributed by atoms with van der Waals surface area (Å²) in [4.78, 5) is 0. The van der Waals surface area contributed by atoms with Crippen LogP contribution in [0.3, 0.4) is 0 Å². The number of nitrogens with one attached hydrogen (secondary N) is 1. The lowest BCUT2D eigenvalue weighted by molar-refractivity contribution is 0.282. The first-order valence-electron chi connectivity index (χ1n) is 5.06. The van der Waals surface area contributed by atoms with Crippen LogP contribution in [0.4, 0.5) is 11.4 Å². The average molecular weight is 229 g/mol. The van der Waals surface area contributed by atoms with Crippen molar-refractivity contribution in [3.63, 3.8) is 0 Å². The van der Waals surface area contributed by atoms with Crippen LogP contribution in [-0.4, -0.2) is 17.8 Å². The maximum atomic E-state index is 8.71. The van der Waals surface area contributed by atoms with Gasteiger partial charge in [0.1, 0.15) is 0 Å². The first-order valence-corrected chi connectivity index (χ1v) is 5.44. The Bertz CT molecular complexity index is 297. The normalized spacial score (nSPS) is 12.5. The van der Waals surface area contributed by atoms with Gasteiger partial charge >= 0.3 is 0 Å². The number of halogens is 1. The van der Waals surface area contributed by atoms with Crippen LogP contribution in [0.25, 0.3) is 0 Å². The fourth-order valence-electron chi connectivity index (χ4n) is 1.41. The molecule has 0 saturated carbocycles. The Balaban J connectivity index is 2.63. The molecule has 0 heterocycles. The molecule has 0 aliphatic heterocycles. The van der Waals surface area contributed by atoms with E-state index in [1.165, 1.54) is 0 Å². The van der Waals surface area contributed by atoms with Crippen LogP contribution in [0.2, 0.25) is 5.02 Å². The van der Waals surface area contributed by atoms with Crippen molar-refractivity contribution in [1.82, 2.24) is 0 Å². The first kappa shape index (κ1) is 12.1. The van der Waals surface area contributed by atoms with Crippen molar-refractivity contribution in [3.05, 3.63) is 23.2 Å². The minimum absolute atomic E-state index is 0.212. The molecule has 3 nitrogen and oxygen atoms in total. The number of anilines is 2. The van der Waals surface area contributed by atoms with Gasteiger partial charge in [-0.25, -0.2) is 0 Å². The SMILES string of the molecule is CC(CCCO)Nc1c(N)cccc1Cl. The molecule has 0 amide bonds. The number of aliphatic hydroxyl groups is 1. The van der Waals surface area contributed by atoms with E-state index < -0.39 is 0 Å². The fraction of sp³-hybridized carbons (Fsp3) is 0.455. The third-order valence-corrected chi connectivity index (χ3v) is 2.55. The lowest BCUT2D eigenvalue weighted by atomic mass is 10.1. The lowest BCUT2D eigenvalue weighted by Gasteiger charge is -2.17. The van der Waals surface area contributed by atoms with Gasteiger partial charge in [-0.15, -0.1) is 0 Å². The van der Waals surface area contributed by atoms with Crippen molar-refractivity contribution >= 4 is 23.0 Å². The van der Waals surface area contributed by atoms with Gasteiger partial charge in [0.25, 0.3) is 0 Å². The highest BCUT2D eigenvalue weighted by atomic mass is 35.5. The lowest BCUT2D eigenvalue weighted by Crippen LogP contribution is -2.16. The fourth-order valence-corrected chi connectivity index (χ4v) is 1.65. The molecule has 0 radical (unpaired) electrons. The number of rotatable bonds is 5. The standard InChI is InChI=1S/C11H17ClN2O/c1-8(4-3-7-15)14-11-9(12)5-2-6-10(11)13/h2,5-6,8,14-15H,3-4,7,13H2,1H3. The van der Waals surface area contributed by atoms with Crippen molar-refractivity contribution < 1.29 is 5.11 Å². The number of para-hydroxylation sites is 1. The second kappa shape index (κ2) is 5.83. The number of nitrogen functional groups attached to an aromatic ring is 1. The third-order valence-electron chi connectivity index (χ3n) is 2.23. The van der Waals surface area contributed by atoms with Gasteiger partial charge < -0.3 is 16.2 Å². The van der Waals surface area contributed by atoms with E-state index in [0.717, 1.165) is 18.5 Å². The van der Waals surface area contributed by atoms with E-state index in [1.54, 1.807) is 6.07 Å². The van der Waals surface area contributed by atoms with Crippen LogP contribution < -0.4 is 11.1 Å². The van der Waals surface area contributed by atoms with E-state index >= 15 is 0 Å². The van der Waals surface area contributed by atoms with Gasteiger partial charge in [0.05, 0.1) is 16.4 Å². The molecular weight excluding hydrogens is 212 g/mol. The van der Waals surface area contributed by atoms with Crippen LogP contribution >= 0.6 is 11.6 Å². The van der Waals surface area contributed by atoms with Gasteiger partial charge in [-0.2, -0.15) is 0 Å². The van der Waals surface area contributed by atoms with E-state index in [2.05, 4.69) is 5.32 Å². The summed E-state index contributed by atoms with van der Waals surface area (Å²) >= 11 is 6.02. The Labute approximate surface area is 95.2 Å². The molecule has 1 rings (SSSR count). The van der Waals surface area contributed by atoms with Gasteiger partial charge in [-0.3, -0.25) is 0 Å². The molecule has 0 aliphatic rings. The number of benzene rings is 1. The molecule has 1 aromatic rings. The summed E-state index contributed by atoms with van der Waals surface area (Å²) in [5, 5.41) is 12.6. The Morgan fingerprint density at radius 1 is 1.53 bits per heavy atom.